The lowest BCUT2D eigenvalue weighted by molar-refractivity contribution is 0.110. The number of rotatable bonds is 2. The molecule has 0 saturated heterocycles. The molecular formula is C10H15N3O. The van der Waals surface area contributed by atoms with E-state index in [0.717, 1.165) is 25.7 Å². The van der Waals surface area contributed by atoms with Crippen molar-refractivity contribution in [2.24, 2.45) is 0 Å². The fourth-order valence-electron chi connectivity index (χ4n) is 2.00. The molecule has 0 spiro atoms. The molecule has 1 unspecified atom stereocenters. The summed E-state index contributed by atoms with van der Waals surface area (Å²) in [7, 11) is 4.19. The first kappa shape index (κ1) is 9.40. The topological polar surface area (TPSA) is 38.1 Å². The van der Waals surface area contributed by atoms with E-state index in [1.807, 2.05) is 10.8 Å². The monoisotopic (exact) mass is 193 g/mol. The molecule has 4 nitrogen and oxygen atoms in total. The van der Waals surface area contributed by atoms with Crippen molar-refractivity contribution in [3.05, 3.63) is 17.7 Å². The zero-order valence-electron chi connectivity index (χ0n) is 8.60. The van der Waals surface area contributed by atoms with Crippen LogP contribution >= 0.6 is 0 Å². The van der Waals surface area contributed by atoms with Crippen LogP contribution in [-0.4, -0.2) is 40.9 Å². The second kappa shape index (κ2) is 3.53. The normalized spacial score (nSPS) is 20.9. The third kappa shape index (κ3) is 1.46. The van der Waals surface area contributed by atoms with Crippen LogP contribution in [0.1, 0.15) is 22.7 Å². The van der Waals surface area contributed by atoms with Gasteiger partial charge in [-0.2, -0.15) is 0 Å². The Kier molecular flexibility index (Phi) is 2.37. The van der Waals surface area contributed by atoms with Crippen LogP contribution in [0.4, 0.5) is 0 Å². The lowest BCUT2D eigenvalue weighted by Gasteiger charge is -2.29. The highest BCUT2D eigenvalue weighted by Gasteiger charge is 2.22. The molecule has 2 heterocycles. The van der Waals surface area contributed by atoms with E-state index < -0.39 is 0 Å². The Balaban J connectivity index is 2.24. The van der Waals surface area contributed by atoms with Crippen LogP contribution in [-0.2, 0) is 13.0 Å². The van der Waals surface area contributed by atoms with Crippen molar-refractivity contribution in [2.45, 2.75) is 25.4 Å². The minimum absolute atomic E-state index is 0.567. The summed E-state index contributed by atoms with van der Waals surface area (Å²) in [6.45, 7) is 0.909. The minimum Gasteiger partial charge on any atom is -0.326 e. The number of fused-ring (bicyclic) bond motifs is 1. The molecule has 1 aromatic rings. The molecule has 0 bridgehead atoms. The molecule has 0 saturated carbocycles. The number of nitrogens with zero attached hydrogens (tertiary/aromatic N) is 3. The Morgan fingerprint density at radius 2 is 2.43 bits per heavy atom. The molecule has 76 valence electrons. The van der Waals surface area contributed by atoms with Crippen molar-refractivity contribution in [3.8, 4) is 0 Å². The maximum absolute atomic E-state index is 10.7. The van der Waals surface area contributed by atoms with Crippen molar-refractivity contribution < 1.29 is 4.79 Å². The number of carbonyl (C=O) groups excluding carboxylic acids is 1. The summed E-state index contributed by atoms with van der Waals surface area (Å²) in [5, 5.41) is 0. The van der Waals surface area contributed by atoms with E-state index in [0.29, 0.717) is 11.9 Å². The predicted octanol–water partition coefficient (Wildman–Crippen LogP) is 0.572. The standard InChI is InChI=1S/C10H15N3O/c1-12(2)8-3-4-13-9(5-8)6-11-10(13)7-14/h6-8H,3-5H2,1-2H3. The van der Waals surface area contributed by atoms with Crippen molar-refractivity contribution in [1.82, 2.24) is 14.5 Å². The van der Waals surface area contributed by atoms with Gasteiger partial charge in [-0.25, -0.2) is 4.98 Å². The molecule has 0 radical (unpaired) electrons. The molecule has 0 fully saturated rings. The van der Waals surface area contributed by atoms with Crippen LogP contribution in [0.2, 0.25) is 0 Å². The van der Waals surface area contributed by atoms with E-state index in [4.69, 9.17) is 0 Å². The predicted molar refractivity (Wildman–Crippen MR) is 53.4 cm³/mol. The van der Waals surface area contributed by atoms with Crippen LogP contribution in [0.25, 0.3) is 0 Å². The molecule has 1 aliphatic rings. The van der Waals surface area contributed by atoms with Crippen molar-refractivity contribution in [1.29, 1.82) is 0 Å². The Bertz CT molecular complexity index is 343. The fraction of sp³-hybridized carbons (Fsp3) is 0.600. The maximum atomic E-state index is 10.7. The molecule has 14 heavy (non-hydrogen) atoms. The second-order valence-corrected chi connectivity index (χ2v) is 3.99. The van der Waals surface area contributed by atoms with Gasteiger partial charge in [0, 0.05) is 30.9 Å². The van der Waals surface area contributed by atoms with Crippen molar-refractivity contribution in [3.63, 3.8) is 0 Å². The number of hydrogen-bond donors (Lipinski definition) is 0. The number of hydrogen-bond acceptors (Lipinski definition) is 3. The molecule has 0 amide bonds. The van der Waals surface area contributed by atoms with E-state index in [-0.39, 0.29) is 0 Å². The largest absolute Gasteiger partial charge is 0.326 e. The first-order chi connectivity index (χ1) is 6.72. The molecule has 1 aromatic heterocycles. The van der Waals surface area contributed by atoms with Crippen LogP contribution < -0.4 is 0 Å². The highest BCUT2D eigenvalue weighted by molar-refractivity contribution is 5.69. The average Bonchev–Trinajstić information content (AvgIpc) is 2.59. The van der Waals surface area contributed by atoms with Gasteiger partial charge in [0.1, 0.15) is 0 Å². The SMILES string of the molecule is CN(C)C1CCn2c(cnc2C=O)C1. The number of aldehydes is 1. The second-order valence-electron chi connectivity index (χ2n) is 3.99. The maximum Gasteiger partial charge on any atom is 0.185 e. The van der Waals surface area contributed by atoms with Gasteiger partial charge in [0.05, 0.1) is 0 Å². The Labute approximate surface area is 83.5 Å². The number of carbonyl (C=O) groups is 1. The third-order valence-electron chi connectivity index (χ3n) is 2.94. The van der Waals surface area contributed by atoms with E-state index in [9.17, 15) is 4.79 Å². The first-order valence-electron chi connectivity index (χ1n) is 4.88. The summed E-state index contributed by atoms with van der Waals surface area (Å²) in [4.78, 5) is 17.0. The van der Waals surface area contributed by atoms with E-state index in [1.165, 1.54) is 5.69 Å². The summed E-state index contributed by atoms with van der Waals surface area (Å²) in [5.74, 6) is 0.567. The highest BCUT2D eigenvalue weighted by atomic mass is 16.1. The summed E-state index contributed by atoms with van der Waals surface area (Å²) in [5.41, 5.74) is 1.18. The minimum atomic E-state index is 0.567. The van der Waals surface area contributed by atoms with Crippen LogP contribution in [0.5, 0.6) is 0 Å². The quantitative estimate of drug-likeness (QED) is 0.645. The van der Waals surface area contributed by atoms with Crippen LogP contribution in [0.3, 0.4) is 0 Å². The summed E-state index contributed by atoms with van der Waals surface area (Å²) in [6, 6.07) is 0.582. The third-order valence-corrected chi connectivity index (χ3v) is 2.94. The highest BCUT2D eigenvalue weighted by Crippen LogP contribution is 2.18. The molecule has 1 atom stereocenters. The fourth-order valence-corrected chi connectivity index (χ4v) is 2.00. The van der Waals surface area contributed by atoms with Crippen molar-refractivity contribution in [2.75, 3.05) is 14.1 Å². The molecule has 2 rings (SSSR count). The van der Waals surface area contributed by atoms with Gasteiger partial charge in [-0.15, -0.1) is 0 Å². The zero-order valence-corrected chi connectivity index (χ0v) is 8.60. The summed E-state index contributed by atoms with van der Waals surface area (Å²) in [6.07, 6.45) is 4.74. The average molecular weight is 193 g/mol. The lowest BCUT2D eigenvalue weighted by Crippen LogP contribution is -2.35. The molecule has 4 heteroatoms. The molecule has 0 aliphatic carbocycles. The van der Waals surface area contributed by atoms with Gasteiger partial charge in [0.2, 0.25) is 0 Å². The van der Waals surface area contributed by atoms with E-state index >= 15 is 0 Å². The summed E-state index contributed by atoms with van der Waals surface area (Å²) >= 11 is 0. The van der Waals surface area contributed by atoms with E-state index in [2.05, 4.69) is 24.0 Å². The van der Waals surface area contributed by atoms with Crippen LogP contribution in [0.15, 0.2) is 6.20 Å². The lowest BCUT2D eigenvalue weighted by atomic mass is 10.0. The molecule has 0 aromatic carbocycles. The first-order valence-corrected chi connectivity index (χ1v) is 4.88. The van der Waals surface area contributed by atoms with Gasteiger partial charge in [-0.05, 0) is 20.5 Å². The number of imidazole rings is 1. The number of aromatic nitrogens is 2. The van der Waals surface area contributed by atoms with Gasteiger partial charge in [-0.3, -0.25) is 4.79 Å². The molecule has 1 aliphatic heterocycles. The molecular weight excluding hydrogens is 178 g/mol. The van der Waals surface area contributed by atoms with Gasteiger partial charge in [-0.1, -0.05) is 0 Å². The summed E-state index contributed by atoms with van der Waals surface area (Å²) < 4.78 is 2.02. The van der Waals surface area contributed by atoms with Crippen LogP contribution in [0, 0.1) is 0 Å². The smallest absolute Gasteiger partial charge is 0.185 e. The Morgan fingerprint density at radius 3 is 3.07 bits per heavy atom. The van der Waals surface area contributed by atoms with Gasteiger partial charge >= 0.3 is 0 Å². The van der Waals surface area contributed by atoms with Gasteiger partial charge < -0.3 is 9.47 Å². The van der Waals surface area contributed by atoms with Crippen molar-refractivity contribution >= 4 is 6.29 Å². The zero-order chi connectivity index (χ0) is 10.1. The van der Waals surface area contributed by atoms with E-state index in [1.54, 1.807) is 0 Å². The molecule has 0 N–H and O–H groups in total. The van der Waals surface area contributed by atoms with Gasteiger partial charge in [0.25, 0.3) is 0 Å². The van der Waals surface area contributed by atoms with Gasteiger partial charge in [0.15, 0.2) is 12.1 Å². The Morgan fingerprint density at radius 1 is 1.64 bits per heavy atom. The number of likely N-dealkylation sites (N-methyl/N-ethyl adjacent to an activating group) is 1. The Hall–Kier alpha value is -1.16.